The van der Waals surface area contributed by atoms with Crippen LogP contribution in [0.15, 0.2) is 24.3 Å². The van der Waals surface area contributed by atoms with Crippen molar-refractivity contribution in [2.24, 2.45) is 0 Å². The fourth-order valence-electron chi connectivity index (χ4n) is 1.55. The molecule has 0 spiro atoms. The summed E-state index contributed by atoms with van der Waals surface area (Å²) < 4.78 is -0.496. The van der Waals surface area contributed by atoms with Crippen molar-refractivity contribution in [1.29, 1.82) is 0 Å². The molecule has 0 aliphatic rings. The van der Waals surface area contributed by atoms with Gasteiger partial charge < -0.3 is 0 Å². The second kappa shape index (κ2) is 4.69. The fraction of sp³-hybridized carbons (Fsp3) is 0.455. The average Bonchev–Trinajstić information content (AvgIpc) is 2.02. The number of rotatable bonds is 3. The van der Waals surface area contributed by atoms with E-state index in [1.807, 2.05) is 0 Å². The third-order valence-corrected chi connectivity index (χ3v) is 3.03. The van der Waals surface area contributed by atoms with Crippen LogP contribution in [-0.2, 0) is 0 Å². The minimum absolute atomic E-state index is 0.433. The maximum Gasteiger partial charge on any atom is 0.0978 e. The molecule has 0 amide bonds. The Balaban J connectivity index is 2.70. The van der Waals surface area contributed by atoms with Crippen molar-refractivity contribution >= 4 is 33.4 Å². The van der Waals surface area contributed by atoms with Gasteiger partial charge in [-0.15, -0.1) is 23.2 Å². The molecule has 3 heteroatoms. The zero-order valence-corrected chi connectivity index (χ0v) is 12.4. The molecule has 0 saturated heterocycles. The lowest BCUT2D eigenvalue weighted by molar-refractivity contribution is 0.694. The van der Waals surface area contributed by atoms with E-state index in [1.165, 1.54) is 11.1 Å². The molecule has 0 nitrogen and oxygen atoms in total. The SMILES string of the molecule is Cc1ccc(C(C)CC([SiH3])(Cl)Cl)cc1. The highest BCUT2D eigenvalue weighted by atomic mass is 35.5. The van der Waals surface area contributed by atoms with Gasteiger partial charge in [0.25, 0.3) is 0 Å². The molecule has 78 valence electrons. The minimum Gasteiger partial charge on any atom is -0.107 e. The van der Waals surface area contributed by atoms with Gasteiger partial charge >= 0.3 is 0 Å². The molecule has 1 atom stereocenters. The molecule has 1 aromatic carbocycles. The molecule has 1 aromatic rings. The van der Waals surface area contributed by atoms with Crippen molar-refractivity contribution < 1.29 is 0 Å². The van der Waals surface area contributed by atoms with Crippen LogP contribution in [0, 0.1) is 6.92 Å². The van der Waals surface area contributed by atoms with E-state index in [0.717, 1.165) is 16.7 Å². The van der Waals surface area contributed by atoms with E-state index in [-0.39, 0.29) is 0 Å². The maximum atomic E-state index is 6.04. The molecule has 0 aliphatic heterocycles. The van der Waals surface area contributed by atoms with Crippen molar-refractivity contribution in [1.82, 2.24) is 0 Å². The predicted molar refractivity (Wildman–Crippen MR) is 68.6 cm³/mol. The van der Waals surface area contributed by atoms with Crippen molar-refractivity contribution in [3.05, 3.63) is 35.4 Å². The van der Waals surface area contributed by atoms with E-state index in [1.54, 1.807) is 0 Å². The van der Waals surface area contributed by atoms with Crippen molar-refractivity contribution in [3.8, 4) is 0 Å². The van der Waals surface area contributed by atoms with Crippen LogP contribution in [0.3, 0.4) is 0 Å². The number of hydrogen-bond donors (Lipinski definition) is 0. The maximum absolute atomic E-state index is 6.04. The molecule has 0 saturated carbocycles. The smallest absolute Gasteiger partial charge is 0.0978 e. The van der Waals surface area contributed by atoms with E-state index in [2.05, 4.69) is 38.1 Å². The first-order chi connectivity index (χ1) is 6.38. The van der Waals surface area contributed by atoms with E-state index in [9.17, 15) is 0 Å². The Labute approximate surface area is 99.0 Å². The summed E-state index contributed by atoms with van der Waals surface area (Å²) in [5.74, 6) is 0.433. The lowest BCUT2D eigenvalue weighted by Gasteiger charge is -2.19. The number of hydrogen-bond acceptors (Lipinski definition) is 0. The highest BCUT2D eigenvalue weighted by Crippen LogP contribution is 2.31. The Kier molecular flexibility index (Phi) is 4.05. The summed E-state index contributed by atoms with van der Waals surface area (Å²) in [7, 11) is 0.806. The van der Waals surface area contributed by atoms with Crippen LogP contribution in [0.4, 0.5) is 0 Å². The number of aryl methyl sites for hydroxylation is 1. The number of benzene rings is 1. The van der Waals surface area contributed by atoms with Gasteiger partial charge in [-0.3, -0.25) is 0 Å². The Morgan fingerprint density at radius 2 is 1.79 bits per heavy atom. The largest absolute Gasteiger partial charge is 0.107 e. The van der Waals surface area contributed by atoms with Gasteiger partial charge in [0.2, 0.25) is 0 Å². The molecule has 0 radical (unpaired) electrons. The first-order valence-corrected chi connectivity index (χ1v) is 6.58. The van der Waals surface area contributed by atoms with Gasteiger partial charge in [-0.2, -0.15) is 0 Å². The Bertz CT molecular complexity index is 287. The standard InChI is InChI=1S/C11H16Cl2Si/c1-8-3-5-10(6-4-8)9(2)7-11(12,13)14/h3-6,9H,7H2,1-2,14H3. The molecule has 0 aliphatic carbocycles. The van der Waals surface area contributed by atoms with Gasteiger partial charge in [-0.25, -0.2) is 0 Å². The minimum atomic E-state index is -0.496. The molecule has 0 bridgehead atoms. The fourth-order valence-corrected chi connectivity index (χ4v) is 2.63. The van der Waals surface area contributed by atoms with Gasteiger partial charge in [0.05, 0.1) is 3.96 Å². The zero-order valence-electron chi connectivity index (χ0n) is 8.85. The molecular formula is C11H16Cl2Si. The van der Waals surface area contributed by atoms with Crippen LogP contribution >= 0.6 is 23.2 Å². The lowest BCUT2D eigenvalue weighted by atomic mass is 9.98. The first kappa shape index (κ1) is 12.1. The summed E-state index contributed by atoms with van der Waals surface area (Å²) in [6.07, 6.45) is 0.839. The van der Waals surface area contributed by atoms with Crippen LogP contribution in [0.2, 0.25) is 0 Å². The third-order valence-electron chi connectivity index (χ3n) is 2.31. The van der Waals surface area contributed by atoms with Crippen LogP contribution in [-0.4, -0.2) is 14.2 Å². The van der Waals surface area contributed by atoms with Crippen LogP contribution in [0.25, 0.3) is 0 Å². The number of halogens is 2. The monoisotopic (exact) mass is 246 g/mol. The van der Waals surface area contributed by atoms with Crippen molar-refractivity contribution in [2.45, 2.75) is 30.1 Å². The topological polar surface area (TPSA) is 0 Å². The normalized spacial score (nSPS) is 14.3. The Hall–Kier alpha value is 0.0169. The second-order valence-electron chi connectivity index (χ2n) is 4.09. The number of alkyl halides is 2. The quantitative estimate of drug-likeness (QED) is 0.569. The van der Waals surface area contributed by atoms with E-state index in [0.29, 0.717) is 5.92 Å². The second-order valence-corrected chi connectivity index (χ2v) is 8.92. The summed E-state index contributed by atoms with van der Waals surface area (Å²) in [6, 6.07) is 8.56. The highest BCUT2D eigenvalue weighted by molar-refractivity contribution is 6.65. The van der Waals surface area contributed by atoms with Crippen LogP contribution < -0.4 is 0 Å². The molecule has 0 N–H and O–H groups in total. The molecule has 1 unspecified atom stereocenters. The lowest BCUT2D eigenvalue weighted by Crippen LogP contribution is -2.15. The van der Waals surface area contributed by atoms with Gasteiger partial charge in [0.15, 0.2) is 0 Å². The Morgan fingerprint density at radius 1 is 1.29 bits per heavy atom. The van der Waals surface area contributed by atoms with E-state index in [4.69, 9.17) is 23.2 Å². The average molecular weight is 247 g/mol. The zero-order chi connectivity index (χ0) is 10.8. The van der Waals surface area contributed by atoms with Gasteiger partial charge in [-0.05, 0) is 24.8 Å². The predicted octanol–water partition coefficient (Wildman–Crippen LogP) is 2.99. The molecule has 0 fully saturated rings. The highest BCUT2D eigenvalue weighted by Gasteiger charge is 2.20. The van der Waals surface area contributed by atoms with E-state index >= 15 is 0 Å². The third kappa shape index (κ3) is 4.03. The van der Waals surface area contributed by atoms with Crippen molar-refractivity contribution in [3.63, 3.8) is 0 Å². The van der Waals surface area contributed by atoms with Crippen LogP contribution in [0.1, 0.15) is 30.4 Å². The summed E-state index contributed by atoms with van der Waals surface area (Å²) >= 11 is 12.1. The molecule has 1 rings (SSSR count). The van der Waals surface area contributed by atoms with Gasteiger partial charge in [0.1, 0.15) is 0 Å². The summed E-state index contributed by atoms with van der Waals surface area (Å²) in [5.41, 5.74) is 2.60. The van der Waals surface area contributed by atoms with Gasteiger partial charge in [-0.1, -0.05) is 36.8 Å². The van der Waals surface area contributed by atoms with Crippen molar-refractivity contribution in [2.75, 3.05) is 0 Å². The first-order valence-electron chi connectivity index (χ1n) is 4.83. The Morgan fingerprint density at radius 3 is 2.21 bits per heavy atom. The van der Waals surface area contributed by atoms with Crippen LogP contribution in [0.5, 0.6) is 0 Å². The molecule has 0 heterocycles. The molecule has 0 aromatic heterocycles. The molecular weight excluding hydrogens is 231 g/mol. The summed E-state index contributed by atoms with van der Waals surface area (Å²) in [5, 5.41) is 0. The summed E-state index contributed by atoms with van der Waals surface area (Å²) in [4.78, 5) is 0. The van der Waals surface area contributed by atoms with E-state index < -0.39 is 3.96 Å². The van der Waals surface area contributed by atoms with Gasteiger partial charge in [0, 0.05) is 10.2 Å². The molecule has 14 heavy (non-hydrogen) atoms. The summed E-state index contributed by atoms with van der Waals surface area (Å²) in [6.45, 7) is 4.26.